The fourth-order valence-corrected chi connectivity index (χ4v) is 3.68. The van der Waals surface area contributed by atoms with Crippen LogP contribution in [-0.4, -0.2) is 40.2 Å². The molecule has 3 rings (SSSR count). The summed E-state index contributed by atoms with van der Waals surface area (Å²) in [7, 11) is 1.46. The molecule has 0 radical (unpaired) electrons. The molecule has 0 saturated carbocycles. The number of rotatable bonds is 10. The molecule has 0 spiro atoms. The summed E-state index contributed by atoms with van der Waals surface area (Å²) in [5, 5.41) is 8.31. The number of ether oxygens (including phenoxy) is 1. The Bertz CT molecular complexity index is 1310. The van der Waals surface area contributed by atoms with E-state index in [9.17, 15) is 19.2 Å². The fourth-order valence-electron chi connectivity index (χ4n) is 3.68. The summed E-state index contributed by atoms with van der Waals surface area (Å²) in [5.74, 6) is -1.46. The normalized spacial score (nSPS) is 11.8. The predicted molar refractivity (Wildman–Crippen MR) is 144 cm³/mol. The molecule has 0 aliphatic rings. The van der Waals surface area contributed by atoms with Gasteiger partial charge in [-0.2, -0.15) is 0 Å². The van der Waals surface area contributed by atoms with Crippen molar-refractivity contribution in [2.24, 2.45) is 5.41 Å². The molecule has 1 unspecified atom stereocenters. The van der Waals surface area contributed by atoms with Crippen LogP contribution in [0.2, 0.25) is 0 Å². The van der Waals surface area contributed by atoms with E-state index in [0.29, 0.717) is 23.5 Å². The van der Waals surface area contributed by atoms with E-state index in [1.165, 1.54) is 24.1 Å². The van der Waals surface area contributed by atoms with E-state index in [2.05, 4.69) is 20.9 Å². The molecule has 0 fully saturated rings. The zero-order valence-electron chi connectivity index (χ0n) is 22.2. The average Bonchev–Trinajstić information content (AvgIpc) is 3.37. The molecule has 0 aliphatic carbocycles. The largest absolute Gasteiger partial charge is 0.495 e. The Balaban J connectivity index is 1.95. The summed E-state index contributed by atoms with van der Waals surface area (Å²) < 4.78 is 6.68. The molecular weight excluding hydrogens is 486 g/mol. The van der Waals surface area contributed by atoms with Gasteiger partial charge in [-0.05, 0) is 29.8 Å². The summed E-state index contributed by atoms with van der Waals surface area (Å²) >= 11 is 0. The summed E-state index contributed by atoms with van der Waals surface area (Å²) in [6, 6.07) is 12.5. The maximum Gasteiger partial charge on any atom is 0.291 e. The first-order chi connectivity index (χ1) is 18.0. The van der Waals surface area contributed by atoms with Crippen molar-refractivity contribution in [1.29, 1.82) is 0 Å². The van der Waals surface area contributed by atoms with Crippen LogP contribution >= 0.6 is 0 Å². The molecule has 0 aliphatic heterocycles. The summed E-state index contributed by atoms with van der Waals surface area (Å²) in [5.41, 5.74) is 0.692. The molecular formula is C28H33N5O5. The van der Waals surface area contributed by atoms with E-state index < -0.39 is 29.1 Å². The highest BCUT2D eigenvalue weighted by atomic mass is 16.5. The molecule has 10 heteroatoms. The highest BCUT2D eigenvalue weighted by Crippen LogP contribution is 2.30. The zero-order chi connectivity index (χ0) is 27.9. The van der Waals surface area contributed by atoms with Crippen LogP contribution in [0, 0.1) is 5.41 Å². The van der Waals surface area contributed by atoms with Crippen LogP contribution in [0.25, 0.3) is 0 Å². The van der Waals surface area contributed by atoms with Gasteiger partial charge in [-0.25, -0.2) is 4.98 Å². The van der Waals surface area contributed by atoms with Crippen molar-refractivity contribution in [3.8, 4) is 5.75 Å². The standard InChI is InChI=1S/C28H33N5O5/c1-6-22(34)30-17-18-12-13-21(38-5)20(16-18)32-26(36)23(24(35)28(2,3)4)33-15-14-29-25(33)27(37)31-19-10-8-7-9-11-19/h7-16,23H,6,17H2,1-5H3,(H,30,34)(H,31,37)(H,32,36). The quantitative estimate of drug-likeness (QED) is 0.348. The van der Waals surface area contributed by atoms with Crippen LogP contribution in [-0.2, 0) is 20.9 Å². The van der Waals surface area contributed by atoms with Gasteiger partial charge in [0.25, 0.3) is 11.8 Å². The van der Waals surface area contributed by atoms with Gasteiger partial charge in [0.15, 0.2) is 17.6 Å². The molecule has 3 amide bonds. The second kappa shape index (κ2) is 12.2. The van der Waals surface area contributed by atoms with Crippen molar-refractivity contribution in [2.45, 2.75) is 46.7 Å². The third-order valence-electron chi connectivity index (χ3n) is 5.75. The molecule has 2 aromatic carbocycles. The van der Waals surface area contributed by atoms with Crippen LogP contribution in [0.15, 0.2) is 60.9 Å². The minimum atomic E-state index is -1.39. The number of anilines is 2. The molecule has 1 atom stereocenters. The number of amides is 3. The fraction of sp³-hybridized carbons (Fsp3) is 0.321. The monoisotopic (exact) mass is 519 g/mol. The lowest BCUT2D eigenvalue weighted by atomic mass is 9.86. The van der Waals surface area contributed by atoms with Crippen LogP contribution in [0.5, 0.6) is 5.75 Å². The lowest BCUT2D eigenvalue weighted by Crippen LogP contribution is -2.40. The van der Waals surface area contributed by atoms with E-state index in [0.717, 1.165) is 5.56 Å². The number of hydrogen-bond acceptors (Lipinski definition) is 6. The second-order valence-corrected chi connectivity index (χ2v) is 9.65. The van der Waals surface area contributed by atoms with Gasteiger partial charge in [0.2, 0.25) is 5.91 Å². The number of benzene rings is 2. The maximum atomic E-state index is 13.7. The molecule has 0 saturated heterocycles. The Morgan fingerprint density at radius 1 is 1.03 bits per heavy atom. The van der Waals surface area contributed by atoms with E-state index in [-0.39, 0.29) is 18.3 Å². The Morgan fingerprint density at radius 2 is 1.74 bits per heavy atom. The number of carbonyl (C=O) groups excluding carboxylic acids is 4. The number of hydrogen-bond donors (Lipinski definition) is 3. The van der Waals surface area contributed by atoms with E-state index in [1.54, 1.807) is 70.2 Å². The topological polar surface area (TPSA) is 131 Å². The van der Waals surface area contributed by atoms with Crippen molar-refractivity contribution < 1.29 is 23.9 Å². The molecule has 1 aromatic heterocycles. The Morgan fingerprint density at radius 3 is 2.37 bits per heavy atom. The molecule has 10 nitrogen and oxygen atoms in total. The molecule has 3 N–H and O–H groups in total. The first-order valence-corrected chi connectivity index (χ1v) is 12.2. The third-order valence-corrected chi connectivity index (χ3v) is 5.75. The van der Waals surface area contributed by atoms with E-state index in [1.807, 2.05) is 6.07 Å². The minimum Gasteiger partial charge on any atom is -0.495 e. The first kappa shape index (κ1) is 28.1. The van der Waals surface area contributed by atoms with Crippen molar-refractivity contribution in [2.75, 3.05) is 17.7 Å². The van der Waals surface area contributed by atoms with Crippen LogP contribution < -0.4 is 20.7 Å². The highest BCUT2D eigenvalue weighted by molar-refractivity contribution is 6.12. The number of para-hydroxylation sites is 1. The Kier molecular flexibility index (Phi) is 9.01. The van der Waals surface area contributed by atoms with Gasteiger partial charge in [-0.3, -0.25) is 19.2 Å². The Labute approximate surface area is 221 Å². The lowest BCUT2D eigenvalue weighted by Gasteiger charge is -2.26. The zero-order valence-corrected chi connectivity index (χ0v) is 22.2. The van der Waals surface area contributed by atoms with Gasteiger partial charge in [0.1, 0.15) is 5.75 Å². The first-order valence-electron chi connectivity index (χ1n) is 12.2. The number of Topliss-reactive ketones (excluding diaryl/α,β-unsaturated/α-hetero) is 1. The number of nitrogens with one attached hydrogen (secondary N) is 3. The van der Waals surface area contributed by atoms with Gasteiger partial charge < -0.3 is 25.3 Å². The van der Waals surface area contributed by atoms with Gasteiger partial charge in [-0.15, -0.1) is 0 Å². The Hall–Kier alpha value is -4.47. The van der Waals surface area contributed by atoms with Crippen molar-refractivity contribution in [3.63, 3.8) is 0 Å². The van der Waals surface area contributed by atoms with Crippen molar-refractivity contribution in [1.82, 2.24) is 14.9 Å². The number of imidazole rings is 1. The van der Waals surface area contributed by atoms with Crippen molar-refractivity contribution >= 4 is 34.9 Å². The SMILES string of the molecule is CCC(=O)NCc1ccc(OC)c(NC(=O)C(C(=O)C(C)(C)C)n2ccnc2C(=O)Nc2ccccc2)c1. The van der Waals surface area contributed by atoms with Crippen LogP contribution in [0.4, 0.5) is 11.4 Å². The number of methoxy groups -OCH3 is 1. The number of carbonyl (C=O) groups is 4. The van der Waals surface area contributed by atoms with E-state index in [4.69, 9.17) is 4.74 Å². The number of ketones is 1. The second-order valence-electron chi connectivity index (χ2n) is 9.65. The number of nitrogens with zero attached hydrogens (tertiary/aromatic N) is 2. The summed E-state index contributed by atoms with van der Waals surface area (Å²) in [6.07, 6.45) is 3.15. The number of aromatic nitrogens is 2. The highest BCUT2D eigenvalue weighted by Gasteiger charge is 2.38. The average molecular weight is 520 g/mol. The van der Waals surface area contributed by atoms with Gasteiger partial charge in [-0.1, -0.05) is 52.0 Å². The van der Waals surface area contributed by atoms with Gasteiger partial charge >= 0.3 is 0 Å². The summed E-state index contributed by atoms with van der Waals surface area (Å²) in [4.78, 5) is 56.1. The van der Waals surface area contributed by atoms with Crippen LogP contribution in [0.1, 0.15) is 56.3 Å². The van der Waals surface area contributed by atoms with Gasteiger partial charge in [0.05, 0.1) is 12.8 Å². The summed E-state index contributed by atoms with van der Waals surface area (Å²) in [6.45, 7) is 7.12. The minimum absolute atomic E-state index is 0.0883. The molecule has 1 heterocycles. The van der Waals surface area contributed by atoms with Crippen LogP contribution in [0.3, 0.4) is 0 Å². The lowest BCUT2D eigenvalue weighted by molar-refractivity contribution is -0.135. The smallest absolute Gasteiger partial charge is 0.291 e. The molecule has 38 heavy (non-hydrogen) atoms. The predicted octanol–water partition coefficient (Wildman–Crippen LogP) is 3.97. The van der Waals surface area contributed by atoms with Crippen molar-refractivity contribution in [3.05, 3.63) is 72.3 Å². The maximum absolute atomic E-state index is 13.7. The molecule has 200 valence electrons. The molecule has 3 aromatic rings. The third kappa shape index (κ3) is 6.84. The molecule has 0 bridgehead atoms. The van der Waals surface area contributed by atoms with E-state index >= 15 is 0 Å². The van der Waals surface area contributed by atoms with Gasteiger partial charge in [0, 0.05) is 36.5 Å².